The Morgan fingerprint density at radius 1 is 1.65 bits per heavy atom. The molecule has 0 amide bonds. The minimum Gasteiger partial charge on any atom is -0.469 e. The van der Waals surface area contributed by atoms with Gasteiger partial charge in [0.15, 0.2) is 0 Å². The number of rotatable bonds is 3. The second-order valence-electron chi connectivity index (χ2n) is 3.32. The van der Waals surface area contributed by atoms with Crippen molar-refractivity contribution in [1.29, 1.82) is 5.26 Å². The lowest BCUT2D eigenvalue weighted by atomic mass is 10.1. The van der Waals surface area contributed by atoms with Crippen LogP contribution in [-0.2, 0) is 16.0 Å². The van der Waals surface area contributed by atoms with Crippen molar-refractivity contribution in [3.05, 3.63) is 28.6 Å². The Labute approximate surface area is 96.8 Å². The average Bonchev–Trinajstić information content (AvgIpc) is 2.28. The van der Waals surface area contributed by atoms with Crippen molar-refractivity contribution in [1.82, 2.24) is 4.98 Å². The molecular formula is C11H10F2N2O2. The molecule has 0 aromatic carbocycles. The van der Waals surface area contributed by atoms with E-state index in [-0.39, 0.29) is 17.7 Å². The maximum atomic E-state index is 12.7. The molecule has 1 aromatic heterocycles. The molecule has 0 aliphatic heterocycles. The van der Waals surface area contributed by atoms with Gasteiger partial charge in [0.05, 0.1) is 30.5 Å². The smallest absolute Gasteiger partial charge is 0.311 e. The number of hydrogen-bond acceptors (Lipinski definition) is 4. The number of aromatic nitrogens is 1. The van der Waals surface area contributed by atoms with Crippen LogP contribution in [0.1, 0.15) is 28.9 Å². The lowest BCUT2D eigenvalue weighted by Crippen LogP contribution is -2.10. The summed E-state index contributed by atoms with van der Waals surface area (Å²) in [4.78, 5) is 14.9. The third-order valence-electron chi connectivity index (χ3n) is 2.22. The zero-order valence-corrected chi connectivity index (χ0v) is 9.33. The van der Waals surface area contributed by atoms with Crippen molar-refractivity contribution < 1.29 is 18.3 Å². The van der Waals surface area contributed by atoms with E-state index in [1.165, 1.54) is 14.0 Å². The van der Waals surface area contributed by atoms with Crippen LogP contribution in [0.3, 0.4) is 0 Å². The fraction of sp³-hybridized carbons (Fsp3) is 0.364. The molecule has 0 aliphatic rings. The molecule has 0 bridgehead atoms. The molecule has 0 N–H and O–H groups in total. The minimum absolute atomic E-state index is 0.0525. The van der Waals surface area contributed by atoms with Gasteiger partial charge in [-0.05, 0) is 13.0 Å². The normalized spacial score (nSPS) is 10.1. The van der Waals surface area contributed by atoms with Crippen LogP contribution in [0.2, 0.25) is 0 Å². The predicted molar refractivity (Wildman–Crippen MR) is 54.4 cm³/mol. The summed E-state index contributed by atoms with van der Waals surface area (Å²) in [6.45, 7) is 1.52. The van der Waals surface area contributed by atoms with E-state index < -0.39 is 18.0 Å². The molecule has 0 radical (unpaired) electrons. The average molecular weight is 240 g/mol. The molecule has 0 fully saturated rings. The van der Waals surface area contributed by atoms with Gasteiger partial charge in [-0.1, -0.05) is 0 Å². The van der Waals surface area contributed by atoms with Gasteiger partial charge in [-0.25, -0.2) is 8.78 Å². The highest BCUT2D eigenvalue weighted by Gasteiger charge is 2.19. The number of carbonyl (C=O) groups excluding carboxylic acids is 1. The molecule has 17 heavy (non-hydrogen) atoms. The van der Waals surface area contributed by atoms with Crippen molar-refractivity contribution in [2.45, 2.75) is 19.8 Å². The zero-order chi connectivity index (χ0) is 13.0. The Hall–Kier alpha value is -2.03. The van der Waals surface area contributed by atoms with Gasteiger partial charge in [0.2, 0.25) is 0 Å². The lowest BCUT2D eigenvalue weighted by Gasteiger charge is -2.09. The number of halogens is 2. The molecule has 6 heteroatoms. The largest absolute Gasteiger partial charge is 0.469 e. The van der Waals surface area contributed by atoms with Crippen molar-refractivity contribution in [2.24, 2.45) is 0 Å². The number of aryl methyl sites for hydroxylation is 1. The Morgan fingerprint density at radius 3 is 2.76 bits per heavy atom. The summed E-state index contributed by atoms with van der Waals surface area (Å²) in [6.07, 6.45) is -3.11. The number of nitrogens with zero attached hydrogens (tertiary/aromatic N) is 2. The number of ether oxygens (including phenoxy) is 1. The molecule has 0 saturated heterocycles. The second kappa shape index (κ2) is 5.34. The molecule has 0 aliphatic carbocycles. The Kier molecular flexibility index (Phi) is 4.10. The van der Waals surface area contributed by atoms with E-state index in [0.717, 1.165) is 6.07 Å². The predicted octanol–water partition coefficient (Wildman–Crippen LogP) is 1.91. The van der Waals surface area contributed by atoms with E-state index in [1.807, 2.05) is 0 Å². The highest BCUT2D eigenvalue weighted by Crippen LogP contribution is 2.24. The van der Waals surface area contributed by atoms with Crippen molar-refractivity contribution in [2.75, 3.05) is 7.11 Å². The standard InChI is InChI=1S/C11H10F2N2O2/c1-6-7(5-14)3-8(11(12)13)9(15-6)4-10(16)17-2/h3,11H,4H2,1-2H3. The highest BCUT2D eigenvalue weighted by atomic mass is 19.3. The molecule has 0 unspecified atom stereocenters. The second-order valence-corrected chi connectivity index (χ2v) is 3.32. The van der Waals surface area contributed by atoms with E-state index >= 15 is 0 Å². The molecule has 1 heterocycles. The molecule has 0 saturated carbocycles. The monoisotopic (exact) mass is 240 g/mol. The van der Waals surface area contributed by atoms with Crippen LogP contribution in [0.15, 0.2) is 6.07 Å². The number of alkyl halides is 2. The van der Waals surface area contributed by atoms with E-state index in [4.69, 9.17) is 5.26 Å². The summed E-state index contributed by atoms with van der Waals surface area (Å²) in [5, 5.41) is 8.72. The molecule has 90 valence electrons. The van der Waals surface area contributed by atoms with Crippen LogP contribution in [0.5, 0.6) is 0 Å². The fourth-order valence-corrected chi connectivity index (χ4v) is 1.32. The van der Waals surface area contributed by atoms with Gasteiger partial charge in [0, 0.05) is 5.56 Å². The Morgan fingerprint density at radius 2 is 2.29 bits per heavy atom. The summed E-state index contributed by atoms with van der Waals surface area (Å²) in [7, 11) is 1.17. The number of hydrogen-bond donors (Lipinski definition) is 0. The molecule has 4 nitrogen and oxygen atoms in total. The van der Waals surface area contributed by atoms with Gasteiger partial charge in [-0.2, -0.15) is 5.26 Å². The number of methoxy groups -OCH3 is 1. The highest BCUT2D eigenvalue weighted by molar-refractivity contribution is 5.72. The van der Waals surface area contributed by atoms with Gasteiger partial charge in [0.25, 0.3) is 6.43 Å². The maximum absolute atomic E-state index is 12.7. The fourth-order valence-electron chi connectivity index (χ4n) is 1.32. The Balaban J connectivity index is 3.24. The summed E-state index contributed by atoms with van der Waals surface area (Å²) in [5.74, 6) is -0.650. The van der Waals surface area contributed by atoms with E-state index in [2.05, 4.69) is 9.72 Å². The summed E-state index contributed by atoms with van der Waals surface area (Å²) < 4.78 is 29.9. The number of pyridine rings is 1. The van der Waals surface area contributed by atoms with Crippen LogP contribution in [0, 0.1) is 18.3 Å². The van der Waals surface area contributed by atoms with Gasteiger partial charge in [-0.3, -0.25) is 9.78 Å². The summed E-state index contributed by atoms with van der Waals surface area (Å²) in [5.41, 5.74) is -0.0642. The van der Waals surface area contributed by atoms with Crippen LogP contribution in [0.25, 0.3) is 0 Å². The van der Waals surface area contributed by atoms with Gasteiger partial charge in [0.1, 0.15) is 6.07 Å². The van der Waals surface area contributed by atoms with Crippen LogP contribution >= 0.6 is 0 Å². The van der Waals surface area contributed by atoms with Crippen molar-refractivity contribution >= 4 is 5.97 Å². The van der Waals surface area contributed by atoms with Crippen LogP contribution in [-0.4, -0.2) is 18.1 Å². The summed E-state index contributed by atoms with van der Waals surface area (Å²) >= 11 is 0. The van der Waals surface area contributed by atoms with Crippen LogP contribution < -0.4 is 0 Å². The molecule has 0 atom stereocenters. The van der Waals surface area contributed by atoms with Crippen molar-refractivity contribution in [3.63, 3.8) is 0 Å². The van der Waals surface area contributed by atoms with Gasteiger partial charge >= 0.3 is 5.97 Å². The molecule has 1 aromatic rings. The van der Waals surface area contributed by atoms with E-state index in [1.54, 1.807) is 6.07 Å². The Bertz CT molecular complexity index is 481. The molecule has 0 spiro atoms. The number of carbonyl (C=O) groups is 1. The van der Waals surface area contributed by atoms with Gasteiger partial charge in [-0.15, -0.1) is 0 Å². The maximum Gasteiger partial charge on any atom is 0.311 e. The number of esters is 1. The summed E-state index contributed by atoms with van der Waals surface area (Å²) in [6, 6.07) is 2.83. The number of nitriles is 1. The van der Waals surface area contributed by atoms with Crippen molar-refractivity contribution in [3.8, 4) is 6.07 Å². The molecular weight excluding hydrogens is 230 g/mol. The zero-order valence-electron chi connectivity index (χ0n) is 9.33. The van der Waals surface area contributed by atoms with Crippen LogP contribution in [0.4, 0.5) is 8.78 Å². The lowest BCUT2D eigenvalue weighted by molar-refractivity contribution is -0.139. The first-order valence-electron chi connectivity index (χ1n) is 4.75. The first-order valence-corrected chi connectivity index (χ1v) is 4.75. The van der Waals surface area contributed by atoms with E-state index in [0.29, 0.717) is 5.69 Å². The minimum atomic E-state index is -2.78. The SMILES string of the molecule is COC(=O)Cc1nc(C)c(C#N)cc1C(F)F. The first-order chi connectivity index (χ1) is 7.99. The topological polar surface area (TPSA) is 63.0 Å². The van der Waals surface area contributed by atoms with Gasteiger partial charge < -0.3 is 4.74 Å². The van der Waals surface area contributed by atoms with E-state index in [9.17, 15) is 13.6 Å². The molecule has 1 rings (SSSR count). The third-order valence-corrected chi connectivity index (χ3v) is 2.22. The third kappa shape index (κ3) is 2.97. The quantitative estimate of drug-likeness (QED) is 0.757. The first kappa shape index (κ1) is 13.0.